The third kappa shape index (κ3) is 8.75. The molecule has 2 heterocycles. The van der Waals surface area contributed by atoms with Crippen LogP contribution >= 0.6 is 0 Å². The van der Waals surface area contributed by atoms with Gasteiger partial charge in [-0.15, -0.1) is 0 Å². The highest BCUT2D eigenvalue weighted by Gasteiger charge is 2.49. The first-order valence-electron chi connectivity index (χ1n) is 22.0. The number of aliphatic hydroxyl groups excluding tert-OH is 1. The average molecular weight is 825 g/mol. The van der Waals surface area contributed by atoms with Crippen LogP contribution in [-0.2, 0) is 29.4 Å². The maximum absolute atomic E-state index is 14.7. The van der Waals surface area contributed by atoms with E-state index in [9.17, 15) is 29.1 Å². The van der Waals surface area contributed by atoms with Gasteiger partial charge in [-0.05, 0) is 89.3 Å². The van der Waals surface area contributed by atoms with Gasteiger partial charge in [-0.3, -0.25) is 24.0 Å². The number of unbranched alkanes of at least 4 members (excludes halogenated alkanes) is 1. The topological polar surface area (TPSA) is 175 Å². The van der Waals surface area contributed by atoms with E-state index in [-0.39, 0.29) is 95.1 Å². The average Bonchev–Trinajstić information content (AvgIpc) is 3.49. The van der Waals surface area contributed by atoms with Crippen molar-refractivity contribution in [1.29, 1.82) is 0 Å². The number of rotatable bonds is 16. The molecule has 1 aromatic carbocycles. The molecule has 12 nitrogen and oxygen atoms in total. The van der Waals surface area contributed by atoms with E-state index >= 15 is 0 Å². The Labute approximate surface area is 356 Å². The fourth-order valence-electron chi connectivity index (χ4n) is 9.29. The summed E-state index contributed by atoms with van der Waals surface area (Å²) in [4.78, 5) is 74.8. The molecule has 1 fully saturated rings. The van der Waals surface area contributed by atoms with Gasteiger partial charge in [0.05, 0.1) is 22.5 Å². The molecule has 5 N–H and O–H groups in total. The number of primary amides is 1. The van der Waals surface area contributed by atoms with Gasteiger partial charge in [0.2, 0.25) is 29.4 Å². The highest BCUT2D eigenvalue weighted by molar-refractivity contribution is 6.42. The molecule has 4 amide bonds. The minimum absolute atomic E-state index is 0.00920. The monoisotopic (exact) mass is 825 g/mol. The Morgan fingerprint density at radius 3 is 2.08 bits per heavy atom. The van der Waals surface area contributed by atoms with Crippen molar-refractivity contribution in [2.75, 3.05) is 16.8 Å². The molecule has 2 aliphatic carbocycles. The van der Waals surface area contributed by atoms with Crippen molar-refractivity contribution < 1.29 is 29.1 Å². The maximum atomic E-state index is 14.7. The molecule has 1 saturated heterocycles. The number of nitrogens with zero attached hydrogens (tertiary/aromatic N) is 3. The number of aliphatic hydroxyl groups is 1. The van der Waals surface area contributed by atoms with Crippen molar-refractivity contribution in [3.05, 3.63) is 63.6 Å². The molecule has 4 aliphatic rings. The number of benzene rings is 1. The number of hydrogen-bond acceptors (Lipinski definition) is 8. The number of carbonyl (C=O) groups excluding carboxylic acids is 5. The summed E-state index contributed by atoms with van der Waals surface area (Å²) < 4.78 is 0. The predicted octanol–water partition coefficient (Wildman–Crippen LogP) is 7.98. The molecular formula is C48H68N6O6. The lowest BCUT2D eigenvalue weighted by Crippen LogP contribution is -2.42. The molecule has 326 valence electrons. The Hall–Kier alpha value is -5.00. The zero-order valence-corrected chi connectivity index (χ0v) is 38.0. The minimum Gasteiger partial charge on any atom is -0.506 e. The number of Topliss-reactive ketones (excluding diaryl/α,β-unsaturated/α-hetero) is 1. The van der Waals surface area contributed by atoms with Crippen LogP contribution in [0.2, 0.25) is 0 Å². The van der Waals surface area contributed by atoms with Gasteiger partial charge >= 0.3 is 0 Å². The fourth-order valence-corrected chi connectivity index (χ4v) is 9.29. The lowest BCUT2D eigenvalue weighted by Gasteiger charge is -2.34. The van der Waals surface area contributed by atoms with Crippen molar-refractivity contribution in [2.45, 2.75) is 164 Å². The number of nitrogens with one attached hydrogen (secondary N) is 2. The lowest BCUT2D eigenvalue weighted by molar-refractivity contribution is -0.124. The molecule has 2 aliphatic heterocycles. The van der Waals surface area contributed by atoms with Crippen LogP contribution in [0.5, 0.6) is 0 Å². The number of aliphatic imine (C=N–C) groups is 1. The molecule has 5 rings (SSSR count). The third-order valence-corrected chi connectivity index (χ3v) is 13.5. The van der Waals surface area contributed by atoms with E-state index in [1.54, 1.807) is 6.08 Å². The van der Waals surface area contributed by atoms with E-state index in [0.717, 1.165) is 48.2 Å². The molecule has 0 saturated carbocycles. The summed E-state index contributed by atoms with van der Waals surface area (Å²) in [6, 6.07) is 4.20. The lowest BCUT2D eigenvalue weighted by atomic mass is 9.73. The Morgan fingerprint density at radius 1 is 0.867 bits per heavy atom. The molecule has 3 atom stereocenters. The second-order valence-electron chi connectivity index (χ2n) is 18.8. The van der Waals surface area contributed by atoms with Crippen LogP contribution in [0.1, 0.15) is 146 Å². The van der Waals surface area contributed by atoms with Crippen LogP contribution in [0.3, 0.4) is 0 Å². The Balaban J connectivity index is 1.59. The highest BCUT2D eigenvalue weighted by atomic mass is 16.3. The summed E-state index contributed by atoms with van der Waals surface area (Å²) >= 11 is 0. The molecule has 60 heavy (non-hydrogen) atoms. The number of likely N-dealkylation sites (tertiary alicyclic amines) is 1. The summed E-state index contributed by atoms with van der Waals surface area (Å²) in [6.45, 7) is 26.1. The van der Waals surface area contributed by atoms with Gasteiger partial charge < -0.3 is 31.3 Å². The van der Waals surface area contributed by atoms with E-state index in [1.165, 1.54) is 0 Å². The summed E-state index contributed by atoms with van der Waals surface area (Å²) in [6.07, 6.45) is 7.46. The standard InChI is InChI=1S/C48H68N6O6/c1-13-15-16-30(14-2)25-50-40(56)19-20-42(58)52-36-24-38-34(48(11,12)29(8)54(38)27(5)6)22-32(36)44-45(59)43(46(44)60)31-21-33-37(53(26(3)4)28(7)47(33,9)10)23-35(31)51-41(57)18-17-39(49)55/h21-24,26-30,59H,13-20,25H2,1-12H3,(H2,49,55)(H,50,56)(H,52,58). The molecular weight excluding hydrogens is 757 g/mol. The molecule has 0 radical (unpaired) electrons. The maximum Gasteiger partial charge on any atom is 0.246 e. The summed E-state index contributed by atoms with van der Waals surface area (Å²) in [5.41, 5.74) is 9.71. The zero-order valence-electron chi connectivity index (χ0n) is 38.0. The smallest absolute Gasteiger partial charge is 0.246 e. The number of amides is 4. The molecule has 0 bridgehead atoms. The van der Waals surface area contributed by atoms with Crippen molar-refractivity contribution in [1.82, 2.24) is 10.2 Å². The van der Waals surface area contributed by atoms with Crippen molar-refractivity contribution >= 4 is 52.1 Å². The van der Waals surface area contributed by atoms with Crippen LogP contribution in [0.4, 0.5) is 11.4 Å². The van der Waals surface area contributed by atoms with Crippen molar-refractivity contribution in [3.63, 3.8) is 0 Å². The van der Waals surface area contributed by atoms with Gasteiger partial charge in [0.1, 0.15) is 5.76 Å². The first kappa shape index (κ1) is 46.1. The van der Waals surface area contributed by atoms with Crippen LogP contribution < -0.4 is 21.3 Å². The zero-order chi connectivity index (χ0) is 44.6. The number of fused-ring (bicyclic) bond motifs is 2. The first-order valence-corrected chi connectivity index (χ1v) is 22.0. The highest BCUT2D eigenvalue weighted by Crippen LogP contribution is 2.53. The van der Waals surface area contributed by atoms with Crippen LogP contribution in [-0.4, -0.2) is 75.8 Å². The van der Waals surface area contributed by atoms with E-state index in [0.29, 0.717) is 29.3 Å². The molecule has 0 spiro atoms. The van der Waals surface area contributed by atoms with Crippen LogP contribution in [0.25, 0.3) is 5.57 Å². The number of allylic oxidation sites excluding steroid dienone is 6. The second-order valence-corrected chi connectivity index (χ2v) is 18.8. The molecule has 12 heteroatoms. The quantitative estimate of drug-likeness (QED) is 0.121. The van der Waals surface area contributed by atoms with E-state index < -0.39 is 17.6 Å². The van der Waals surface area contributed by atoms with Crippen molar-refractivity contribution in [2.24, 2.45) is 22.1 Å². The van der Waals surface area contributed by atoms with Gasteiger partial charge in [0.25, 0.3) is 0 Å². The number of hydrogen-bond donors (Lipinski definition) is 4. The third-order valence-electron chi connectivity index (χ3n) is 13.5. The Kier molecular flexibility index (Phi) is 13.8. The Bertz CT molecular complexity index is 2100. The van der Waals surface area contributed by atoms with Gasteiger partial charge in [-0.2, -0.15) is 0 Å². The largest absolute Gasteiger partial charge is 0.506 e. The fraction of sp³-hybridized carbons (Fsp3) is 0.583. The normalized spacial score (nSPS) is 22.8. The minimum atomic E-state index is -0.624. The number of anilines is 2. The van der Waals surface area contributed by atoms with Crippen molar-refractivity contribution in [3.8, 4) is 0 Å². The van der Waals surface area contributed by atoms with Gasteiger partial charge in [-0.25, -0.2) is 4.99 Å². The summed E-state index contributed by atoms with van der Waals surface area (Å²) in [5.74, 6) is -2.10. The van der Waals surface area contributed by atoms with Crippen LogP contribution in [0, 0.1) is 11.3 Å². The summed E-state index contributed by atoms with van der Waals surface area (Å²) in [5, 5.41) is 18.1. The summed E-state index contributed by atoms with van der Waals surface area (Å²) in [7, 11) is 0. The van der Waals surface area contributed by atoms with Gasteiger partial charge in [0.15, 0.2) is 0 Å². The van der Waals surface area contributed by atoms with Gasteiger partial charge in [-0.1, -0.05) is 60.8 Å². The molecule has 0 aromatic heterocycles. The predicted molar refractivity (Wildman–Crippen MR) is 240 cm³/mol. The first-order chi connectivity index (χ1) is 28.1. The van der Waals surface area contributed by atoms with E-state index in [1.807, 2.05) is 18.2 Å². The molecule has 1 aromatic rings. The van der Waals surface area contributed by atoms with Gasteiger partial charge in [0, 0.05) is 89.7 Å². The second kappa shape index (κ2) is 17.9. The Morgan fingerprint density at radius 2 is 1.50 bits per heavy atom. The van der Waals surface area contributed by atoms with Crippen LogP contribution in [0.15, 0.2) is 57.5 Å². The van der Waals surface area contributed by atoms with E-state index in [4.69, 9.17) is 5.73 Å². The number of carbonyl (C=O) groups is 5. The SMILES string of the molecule is CCCCC(CC)CNC(=O)CCC(=O)Nc1cc2c(cc1C1=C(O)C(=C3C=C4C(=CC3=NC(=O)CCC(N)=O)N(C(C)C)C(C)C4(C)C)C1=O)C(C)(C)C(C)N2C(C)C. The number of nitrogens with two attached hydrogens (primary N) is 1. The number of ketones is 1. The molecule has 3 unspecified atom stereocenters. The van der Waals surface area contributed by atoms with E-state index in [2.05, 4.69) is 109 Å².